The third kappa shape index (κ3) is 5.39. The molecule has 0 saturated carbocycles. The lowest BCUT2D eigenvalue weighted by molar-refractivity contribution is -0.193. The van der Waals surface area contributed by atoms with Gasteiger partial charge in [0.05, 0.1) is 0 Å². The van der Waals surface area contributed by atoms with E-state index in [9.17, 15) is 35.9 Å². The molecule has 40 heavy (non-hydrogen) atoms. The van der Waals surface area contributed by atoms with Crippen LogP contribution in [0.25, 0.3) is 10.8 Å². The zero-order chi connectivity index (χ0) is 28.8. The summed E-state index contributed by atoms with van der Waals surface area (Å²) in [7, 11) is 0. The molecule has 3 aromatic rings. The van der Waals surface area contributed by atoms with Crippen LogP contribution >= 0.6 is 0 Å². The molecule has 2 N–H and O–H groups in total. The number of anilines is 3. The van der Waals surface area contributed by atoms with Gasteiger partial charge in [-0.05, 0) is 66.0 Å². The highest BCUT2D eigenvalue weighted by Crippen LogP contribution is 2.46. The zero-order valence-corrected chi connectivity index (χ0v) is 21.5. The number of rotatable bonds is 3. The van der Waals surface area contributed by atoms with Gasteiger partial charge in [-0.15, -0.1) is 0 Å². The molecule has 5 nitrogen and oxygen atoms in total. The molecular weight excluding hydrogens is 536 g/mol. The molecular formula is C29H27F6N3O2. The number of carbonyl (C=O) groups excluding carboxylic acids is 2. The van der Waals surface area contributed by atoms with Gasteiger partial charge >= 0.3 is 23.9 Å². The van der Waals surface area contributed by atoms with Gasteiger partial charge in [-0.2, -0.15) is 26.3 Å². The van der Waals surface area contributed by atoms with Gasteiger partial charge in [-0.3, -0.25) is 9.59 Å². The van der Waals surface area contributed by atoms with Crippen molar-refractivity contribution in [2.24, 2.45) is 5.92 Å². The minimum atomic E-state index is -5.77. The number of alkyl halides is 6. The van der Waals surface area contributed by atoms with E-state index >= 15 is 0 Å². The van der Waals surface area contributed by atoms with Crippen molar-refractivity contribution in [1.29, 1.82) is 0 Å². The van der Waals surface area contributed by atoms with Crippen LogP contribution in [0.15, 0.2) is 48.5 Å². The highest BCUT2D eigenvalue weighted by molar-refractivity contribution is 6.41. The second kappa shape index (κ2) is 10.4. The van der Waals surface area contributed by atoms with E-state index in [0.29, 0.717) is 5.92 Å². The fourth-order valence-electron chi connectivity index (χ4n) is 5.95. The Hall–Kier alpha value is -3.60. The van der Waals surface area contributed by atoms with E-state index in [1.54, 1.807) is 11.3 Å². The van der Waals surface area contributed by atoms with Gasteiger partial charge in [-0.25, -0.2) is 0 Å². The summed E-state index contributed by atoms with van der Waals surface area (Å²) in [5.74, 6) is -5.39. The monoisotopic (exact) mass is 563 g/mol. The number of benzene rings is 3. The molecule has 3 heterocycles. The summed E-state index contributed by atoms with van der Waals surface area (Å²) in [5.41, 5.74) is 8.44. The van der Waals surface area contributed by atoms with E-state index in [-0.39, 0.29) is 0 Å². The number of hydrogen-bond donors (Lipinski definition) is 2. The molecule has 11 heteroatoms. The largest absolute Gasteiger partial charge is 0.458 e. The van der Waals surface area contributed by atoms with E-state index in [1.807, 2.05) is 0 Å². The van der Waals surface area contributed by atoms with Crippen LogP contribution in [-0.2, 0) is 16.0 Å². The van der Waals surface area contributed by atoms with E-state index in [0.717, 1.165) is 19.0 Å². The third-order valence-electron chi connectivity index (χ3n) is 7.75. The molecule has 2 atom stereocenters. The first-order chi connectivity index (χ1) is 18.8. The van der Waals surface area contributed by atoms with Crippen LogP contribution in [0.4, 0.5) is 43.4 Å². The number of halogens is 6. The highest BCUT2D eigenvalue weighted by atomic mass is 19.4. The number of fused-ring (bicyclic) bond motifs is 3. The van der Waals surface area contributed by atoms with Crippen LogP contribution in [0.5, 0.6) is 0 Å². The van der Waals surface area contributed by atoms with Crippen molar-refractivity contribution in [2.75, 3.05) is 36.4 Å². The Kier molecular flexibility index (Phi) is 7.28. The predicted octanol–water partition coefficient (Wildman–Crippen LogP) is 6.21. The van der Waals surface area contributed by atoms with E-state index in [2.05, 4.69) is 71.0 Å². The summed E-state index contributed by atoms with van der Waals surface area (Å²) in [4.78, 5) is 21.9. The van der Waals surface area contributed by atoms with Gasteiger partial charge in [0, 0.05) is 54.5 Å². The zero-order valence-electron chi connectivity index (χ0n) is 21.5. The average Bonchev–Trinajstić information content (AvgIpc) is 3.38. The molecule has 0 aromatic heterocycles. The van der Waals surface area contributed by atoms with Crippen LogP contribution < -0.4 is 15.5 Å². The summed E-state index contributed by atoms with van der Waals surface area (Å²) >= 11 is 0. The van der Waals surface area contributed by atoms with Crippen molar-refractivity contribution in [2.45, 2.75) is 38.0 Å². The lowest BCUT2D eigenvalue weighted by Crippen LogP contribution is -2.41. The Morgan fingerprint density at radius 3 is 2.27 bits per heavy atom. The SMILES string of the molecule is Cc1ccc(Nc2cc3c4c(c2)[C@@H]2CNC[C@@H]2CN4CCC3)c2ccccc12.O=C(C(=O)C(F)(F)F)C(F)(F)F. The summed E-state index contributed by atoms with van der Waals surface area (Å²) in [5, 5.41) is 10.1. The van der Waals surface area contributed by atoms with Crippen LogP contribution in [-0.4, -0.2) is 50.1 Å². The highest BCUT2D eigenvalue weighted by Gasteiger charge is 2.54. The number of hydrogen-bond acceptors (Lipinski definition) is 5. The number of aryl methyl sites for hydroxylation is 2. The fraction of sp³-hybridized carbons (Fsp3) is 0.379. The molecule has 0 amide bonds. The van der Waals surface area contributed by atoms with Gasteiger partial charge in [0.15, 0.2) is 0 Å². The first-order valence-electron chi connectivity index (χ1n) is 12.9. The van der Waals surface area contributed by atoms with Crippen LogP contribution in [0, 0.1) is 12.8 Å². The average molecular weight is 564 g/mol. The first kappa shape index (κ1) is 27.9. The molecule has 0 bridgehead atoms. The van der Waals surface area contributed by atoms with Gasteiger partial charge < -0.3 is 15.5 Å². The Labute approximate surface area is 226 Å². The van der Waals surface area contributed by atoms with Crippen molar-refractivity contribution in [1.82, 2.24) is 5.32 Å². The standard InChI is InChI=1S/C25H27N3.C4F6O2/c1-16-8-9-24(21-7-3-2-6-20(16)21)27-19-11-17-5-4-10-28-15-18-13-26-14-23(18)22(12-19)25(17)28;5-3(6,7)1(11)2(12)4(8,9)10/h2-3,6-9,11-12,18,23,26-27H,4-5,10,13-15H2,1H3;/t18-,23-;/m1./s1. The minimum absolute atomic E-state index is 0.666. The quantitative estimate of drug-likeness (QED) is 0.293. The number of Topliss-reactive ketones (excluding diaryl/α,β-unsaturated/α-hetero) is 2. The molecule has 0 radical (unpaired) electrons. The van der Waals surface area contributed by atoms with Crippen molar-refractivity contribution in [3.05, 3.63) is 65.2 Å². The number of nitrogens with zero attached hydrogens (tertiary/aromatic N) is 1. The lowest BCUT2D eigenvalue weighted by Gasteiger charge is -2.42. The summed E-state index contributed by atoms with van der Waals surface area (Å²) in [6.45, 7) is 6.93. The summed E-state index contributed by atoms with van der Waals surface area (Å²) < 4.78 is 67.0. The minimum Gasteiger partial charge on any atom is -0.371 e. The Morgan fingerprint density at radius 1 is 0.925 bits per heavy atom. The molecule has 0 aliphatic carbocycles. The normalized spacial score (nSPS) is 19.8. The molecule has 3 aliphatic rings. The van der Waals surface area contributed by atoms with Gasteiger partial charge in [0.2, 0.25) is 0 Å². The predicted molar refractivity (Wildman–Crippen MR) is 140 cm³/mol. The van der Waals surface area contributed by atoms with Crippen molar-refractivity contribution < 1.29 is 35.9 Å². The molecule has 212 valence electrons. The van der Waals surface area contributed by atoms with Gasteiger partial charge in [0.1, 0.15) is 0 Å². The maximum absolute atomic E-state index is 11.2. The van der Waals surface area contributed by atoms with Gasteiger partial charge in [-0.1, -0.05) is 30.3 Å². The maximum atomic E-state index is 11.2. The second-order valence-electron chi connectivity index (χ2n) is 10.4. The fourth-order valence-corrected chi connectivity index (χ4v) is 5.95. The Balaban J connectivity index is 0.000000230. The molecule has 3 aromatic carbocycles. The summed E-state index contributed by atoms with van der Waals surface area (Å²) in [6, 6.07) is 18.0. The molecule has 0 spiro atoms. The summed E-state index contributed by atoms with van der Waals surface area (Å²) in [6.07, 6.45) is -9.07. The topological polar surface area (TPSA) is 61.4 Å². The Bertz CT molecular complexity index is 1440. The molecule has 3 aliphatic heterocycles. The molecule has 0 unspecified atom stereocenters. The Morgan fingerprint density at radius 2 is 1.60 bits per heavy atom. The van der Waals surface area contributed by atoms with Crippen molar-refractivity contribution in [3.8, 4) is 0 Å². The third-order valence-corrected chi connectivity index (χ3v) is 7.75. The molecule has 1 saturated heterocycles. The maximum Gasteiger partial charge on any atom is 0.458 e. The van der Waals surface area contributed by atoms with Crippen LogP contribution in [0.2, 0.25) is 0 Å². The van der Waals surface area contributed by atoms with E-state index in [1.165, 1.54) is 59.2 Å². The van der Waals surface area contributed by atoms with E-state index in [4.69, 9.17) is 0 Å². The number of ketones is 2. The van der Waals surface area contributed by atoms with Crippen LogP contribution in [0.1, 0.15) is 29.0 Å². The number of nitrogens with one attached hydrogen (secondary N) is 2. The smallest absolute Gasteiger partial charge is 0.371 e. The van der Waals surface area contributed by atoms with Crippen molar-refractivity contribution in [3.63, 3.8) is 0 Å². The molecule has 6 rings (SSSR count). The number of carbonyl (C=O) groups is 2. The van der Waals surface area contributed by atoms with Crippen LogP contribution in [0.3, 0.4) is 0 Å². The van der Waals surface area contributed by atoms with E-state index < -0.39 is 23.9 Å². The molecule has 1 fully saturated rings. The lowest BCUT2D eigenvalue weighted by atomic mass is 9.80. The second-order valence-corrected chi connectivity index (χ2v) is 10.4. The van der Waals surface area contributed by atoms with Crippen molar-refractivity contribution >= 4 is 39.4 Å². The van der Waals surface area contributed by atoms with Gasteiger partial charge in [0.25, 0.3) is 0 Å². The first-order valence-corrected chi connectivity index (χ1v) is 12.9.